The van der Waals surface area contributed by atoms with Crippen molar-refractivity contribution in [2.24, 2.45) is 0 Å². The maximum absolute atomic E-state index is 12.3. The lowest BCUT2D eigenvalue weighted by molar-refractivity contribution is 0.0583. The van der Waals surface area contributed by atoms with Gasteiger partial charge in [0.1, 0.15) is 18.2 Å². The van der Waals surface area contributed by atoms with Crippen LogP contribution in [-0.4, -0.2) is 48.6 Å². The number of nitrogens with zero attached hydrogens (tertiary/aromatic N) is 3. The van der Waals surface area contributed by atoms with Crippen LogP contribution in [0.4, 0.5) is 10.6 Å². The summed E-state index contributed by atoms with van der Waals surface area (Å²) in [6, 6.07) is 0. The van der Waals surface area contributed by atoms with Gasteiger partial charge in [-0.15, -0.1) is 6.42 Å². The zero-order chi connectivity index (χ0) is 17.8. The third-order valence-corrected chi connectivity index (χ3v) is 3.89. The summed E-state index contributed by atoms with van der Waals surface area (Å²) in [6.07, 6.45) is 6.02. The van der Waals surface area contributed by atoms with E-state index in [4.69, 9.17) is 15.9 Å². The Morgan fingerprint density at radius 2 is 2.04 bits per heavy atom. The molecule has 1 heterocycles. The predicted molar refractivity (Wildman–Crippen MR) is 90.1 cm³/mol. The Labute approximate surface area is 136 Å². The second-order valence-electron chi connectivity index (χ2n) is 6.18. The van der Waals surface area contributed by atoms with E-state index >= 15 is 0 Å². The molecule has 126 valence electrons. The van der Waals surface area contributed by atoms with Crippen LogP contribution < -0.4 is 15.1 Å². The number of rotatable bonds is 4. The van der Waals surface area contributed by atoms with Crippen LogP contribution in [0.25, 0.3) is 0 Å². The second-order valence-corrected chi connectivity index (χ2v) is 9.34. The molecule has 0 aliphatic carbocycles. The van der Waals surface area contributed by atoms with Crippen LogP contribution in [-0.2, 0) is 9.30 Å². The van der Waals surface area contributed by atoms with Crippen molar-refractivity contribution in [3.8, 4) is 18.2 Å². The van der Waals surface area contributed by atoms with Crippen LogP contribution in [0.3, 0.4) is 0 Å². The van der Waals surface area contributed by atoms with Gasteiger partial charge in [-0.2, -0.15) is 0 Å². The van der Waals surface area contributed by atoms with Crippen molar-refractivity contribution in [3.05, 3.63) is 6.20 Å². The van der Waals surface area contributed by atoms with Crippen molar-refractivity contribution in [3.63, 3.8) is 0 Å². The van der Waals surface area contributed by atoms with E-state index in [1.54, 1.807) is 34.1 Å². The van der Waals surface area contributed by atoms with E-state index in [1.807, 2.05) is 0 Å². The first-order valence-electron chi connectivity index (χ1n) is 6.90. The lowest BCUT2D eigenvalue weighted by atomic mass is 10.2. The minimum Gasteiger partial charge on any atom is -0.478 e. The van der Waals surface area contributed by atoms with E-state index in [1.165, 1.54) is 13.3 Å². The van der Waals surface area contributed by atoms with Crippen molar-refractivity contribution in [2.75, 3.05) is 31.9 Å². The van der Waals surface area contributed by atoms with E-state index in [2.05, 4.69) is 15.9 Å². The maximum atomic E-state index is 12.3. The number of amides is 1. The number of ether oxygens (including phenoxy) is 2. The number of terminal acetylenes is 1. The monoisotopic (exact) mass is 339 g/mol. The zero-order valence-electron chi connectivity index (χ0n) is 14.3. The number of anilines is 1. The molecule has 0 spiro atoms. The molecular formula is C15H22N3O4P. The standard InChI is InChI=1S/C15H22N3O4P/c1-8-9-18(14(19)22-15(2,3)4)12-13(21-5)17-11(10-16-12)23(6,7)20/h1,10H,9H2,2-7H3. The second kappa shape index (κ2) is 7.01. The zero-order valence-corrected chi connectivity index (χ0v) is 15.2. The number of carbonyl (C=O) groups is 1. The molecule has 0 aliphatic heterocycles. The van der Waals surface area contributed by atoms with Crippen LogP contribution >= 0.6 is 7.14 Å². The van der Waals surface area contributed by atoms with Gasteiger partial charge in [-0.25, -0.2) is 19.7 Å². The Bertz CT molecular complexity index is 670. The number of hydrogen-bond acceptors (Lipinski definition) is 6. The molecule has 0 saturated carbocycles. The Kier molecular flexibility index (Phi) is 5.79. The molecule has 1 rings (SSSR count). The van der Waals surface area contributed by atoms with Gasteiger partial charge in [-0.05, 0) is 34.1 Å². The van der Waals surface area contributed by atoms with Crippen LogP contribution in [0.15, 0.2) is 6.20 Å². The average Bonchev–Trinajstić information content (AvgIpc) is 2.41. The molecule has 8 heteroatoms. The summed E-state index contributed by atoms with van der Waals surface area (Å²) in [5.74, 6) is 2.56. The highest BCUT2D eigenvalue weighted by Crippen LogP contribution is 2.35. The predicted octanol–water partition coefficient (Wildman–Crippen LogP) is 2.11. The first kappa shape index (κ1) is 19.0. The fraction of sp³-hybridized carbons (Fsp3) is 0.533. The lowest BCUT2D eigenvalue weighted by Gasteiger charge is -2.26. The number of carbonyl (C=O) groups excluding carboxylic acids is 1. The van der Waals surface area contributed by atoms with E-state index in [0.29, 0.717) is 5.44 Å². The molecule has 7 nitrogen and oxygen atoms in total. The van der Waals surface area contributed by atoms with Gasteiger partial charge in [0.25, 0.3) is 5.88 Å². The van der Waals surface area contributed by atoms with Gasteiger partial charge in [0, 0.05) is 0 Å². The molecule has 0 atom stereocenters. The van der Waals surface area contributed by atoms with Gasteiger partial charge in [-0.1, -0.05) is 5.92 Å². The molecule has 0 N–H and O–H groups in total. The van der Waals surface area contributed by atoms with E-state index in [-0.39, 0.29) is 18.2 Å². The van der Waals surface area contributed by atoms with E-state index in [0.717, 1.165) is 4.90 Å². The van der Waals surface area contributed by atoms with Crippen LogP contribution in [0.1, 0.15) is 20.8 Å². The summed E-state index contributed by atoms with van der Waals surface area (Å²) in [7, 11) is -1.22. The van der Waals surface area contributed by atoms with Gasteiger partial charge in [-0.3, -0.25) is 0 Å². The van der Waals surface area contributed by atoms with Crippen molar-refractivity contribution in [2.45, 2.75) is 26.4 Å². The van der Waals surface area contributed by atoms with Gasteiger partial charge in [0.15, 0.2) is 0 Å². The Balaban J connectivity index is 3.30. The summed E-state index contributed by atoms with van der Waals surface area (Å²) in [5, 5.41) is 0. The van der Waals surface area contributed by atoms with Gasteiger partial charge < -0.3 is 14.0 Å². The first-order chi connectivity index (χ1) is 10.5. The average molecular weight is 339 g/mol. The third kappa shape index (κ3) is 5.26. The smallest absolute Gasteiger partial charge is 0.417 e. The van der Waals surface area contributed by atoms with Crippen LogP contribution in [0, 0.1) is 12.3 Å². The third-order valence-electron chi connectivity index (χ3n) is 2.57. The van der Waals surface area contributed by atoms with E-state index < -0.39 is 18.8 Å². The molecule has 0 unspecified atom stereocenters. The summed E-state index contributed by atoms with van der Waals surface area (Å²) in [5.41, 5.74) is -0.379. The molecule has 0 aromatic carbocycles. The van der Waals surface area contributed by atoms with Crippen LogP contribution in [0.5, 0.6) is 5.88 Å². The summed E-state index contributed by atoms with van der Waals surface area (Å²) < 4.78 is 22.6. The number of methoxy groups -OCH3 is 1. The number of hydrogen-bond donors (Lipinski definition) is 0. The Hall–Kier alpha value is -2.06. The Morgan fingerprint density at radius 3 is 2.48 bits per heavy atom. The summed E-state index contributed by atoms with van der Waals surface area (Å²) in [4.78, 5) is 21.8. The molecular weight excluding hydrogens is 317 g/mol. The van der Waals surface area contributed by atoms with E-state index in [9.17, 15) is 9.36 Å². The largest absolute Gasteiger partial charge is 0.478 e. The summed E-state index contributed by atoms with van der Waals surface area (Å²) in [6.45, 7) is 8.32. The highest BCUT2D eigenvalue weighted by Gasteiger charge is 2.28. The summed E-state index contributed by atoms with van der Waals surface area (Å²) >= 11 is 0. The van der Waals surface area contributed by atoms with Crippen LogP contribution in [0.2, 0.25) is 0 Å². The van der Waals surface area contributed by atoms with Gasteiger partial charge in [0.05, 0.1) is 19.9 Å². The quantitative estimate of drug-likeness (QED) is 0.617. The highest BCUT2D eigenvalue weighted by atomic mass is 31.2. The maximum Gasteiger partial charge on any atom is 0.417 e. The molecule has 0 radical (unpaired) electrons. The van der Waals surface area contributed by atoms with Crippen molar-refractivity contribution in [1.29, 1.82) is 0 Å². The van der Waals surface area contributed by atoms with Crippen molar-refractivity contribution in [1.82, 2.24) is 9.97 Å². The minimum absolute atomic E-state index is 0.0603. The Morgan fingerprint density at radius 1 is 1.43 bits per heavy atom. The normalized spacial score (nSPS) is 11.5. The molecule has 1 amide bonds. The van der Waals surface area contributed by atoms with Gasteiger partial charge >= 0.3 is 6.09 Å². The molecule has 0 aliphatic rings. The number of aromatic nitrogens is 2. The SMILES string of the molecule is C#CCN(C(=O)OC(C)(C)C)c1ncc(P(C)(C)=O)nc1OC. The van der Waals surface area contributed by atoms with Crippen molar-refractivity contribution >= 4 is 24.5 Å². The molecule has 0 bridgehead atoms. The minimum atomic E-state index is -2.61. The fourth-order valence-corrected chi connectivity index (χ4v) is 2.24. The molecule has 0 saturated heterocycles. The van der Waals surface area contributed by atoms with Gasteiger partial charge in [0.2, 0.25) is 5.82 Å². The molecule has 1 aromatic heterocycles. The fourth-order valence-electron chi connectivity index (χ4n) is 1.57. The first-order valence-corrected chi connectivity index (χ1v) is 9.50. The molecule has 1 aromatic rings. The highest BCUT2D eigenvalue weighted by molar-refractivity contribution is 7.69. The topological polar surface area (TPSA) is 81.6 Å². The molecule has 0 fully saturated rings. The van der Waals surface area contributed by atoms with Crippen molar-refractivity contribution < 1.29 is 18.8 Å². The lowest BCUT2D eigenvalue weighted by Crippen LogP contribution is -2.38. The molecule has 23 heavy (non-hydrogen) atoms.